The average molecular weight is 229 g/mol. The molecular formula is C10H13ClN2O2. The zero-order valence-corrected chi connectivity index (χ0v) is 9.16. The number of aromatic hydroxyl groups is 1. The van der Waals surface area contributed by atoms with E-state index in [1.54, 1.807) is 7.05 Å². The summed E-state index contributed by atoms with van der Waals surface area (Å²) < 4.78 is 0. The van der Waals surface area contributed by atoms with E-state index in [0.29, 0.717) is 18.1 Å². The number of carbonyl (C=O) groups excluding carboxylic acids is 1. The van der Waals surface area contributed by atoms with Crippen LogP contribution in [0.2, 0.25) is 5.02 Å². The van der Waals surface area contributed by atoms with E-state index in [1.807, 2.05) is 0 Å². The van der Waals surface area contributed by atoms with Gasteiger partial charge < -0.3 is 15.7 Å². The van der Waals surface area contributed by atoms with E-state index in [2.05, 4.69) is 0 Å². The molecule has 4 nitrogen and oxygen atoms in total. The quantitative estimate of drug-likeness (QED) is 0.814. The summed E-state index contributed by atoms with van der Waals surface area (Å²) in [6.45, 7) is 0.837. The molecule has 1 aromatic rings. The van der Waals surface area contributed by atoms with Crippen LogP contribution in [0, 0.1) is 0 Å². The molecule has 1 amide bonds. The van der Waals surface area contributed by atoms with Crippen LogP contribution in [-0.2, 0) is 0 Å². The van der Waals surface area contributed by atoms with Gasteiger partial charge in [-0.3, -0.25) is 4.79 Å². The molecule has 0 saturated carbocycles. The third-order valence-corrected chi connectivity index (χ3v) is 2.32. The van der Waals surface area contributed by atoms with Gasteiger partial charge in [0.2, 0.25) is 0 Å². The largest absolute Gasteiger partial charge is 0.508 e. The normalized spacial score (nSPS) is 10.1. The minimum absolute atomic E-state index is 0.0175. The van der Waals surface area contributed by atoms with Crippen molar-refractivity contribution >= 4 is 17.5 Å². The SMILES string of the molecule is CN(CCN)C(=O)c1cc(O)ccc1Cl. The fourth-order valence-electron chi connectivity index (χ4n) is 1.18. The minimum Gasteiger partial charge on any atom is -0.508 e. The standard InChI is InChI=1S/C10H13ClN2O2/c1-13(5-4-12)10(15)8-6-7(14)2-3-9(8)11/h2-3,6,14H,4-5,12H2,1H3. The second-order valence-electron chi connectivity index (χ2n) is 3.18. The highest BCUT2D eigenvalue weighted by Gasteiger charge is 2.14. The number of phenols is 1. The molecule has 5 heteroatoms. The molecule has 3 N–H and O–H groups in total. The molecule has 15 heavy (non-hydrogen) atoms. The van der Waals surface area contributed by atoms with Gasteiger partial charge in [0.15, 0.2) is 0 Å². The Bertz CT molecular complexity index is 368. The number of phenolic OH excluding ortho intramolecular Hbond substituents is 1. The lowest BCUT2D eigenvalue weighted by Crippen LogP contribution is -2.31. The fourth-order valence-corrected chi connectivity index (χ4v) is 1.38. The number of hydrogen-bond donors (Lipinski definition) is 2. The number of nitrogens with two attached hydrogens (primary N) is 1. The van der Waals surface area contributed by atoms with Crippen LogP contribution >= 0.6 is 11.6 Å². The number of rotatable bonds is 3. The maximum atomic E-state index is 11.8. The second kappa shape index (κ2) is 5.00. The number of hydrogen-bond acceptors (Lipinski definition) is 3. The van der Waals surface area contributed by atoms with Crippen molar-refractivity contribution in [2.75, 3.05) is 20.1 Å². The molecule has 0 radical (unpaired) electrons. The Morgan fingerprint density at radius 1 is 1.60 bits per heavy atom. The van der Waals surface area contributed by atoms with Gasteiger partial charge >= 0.3 is 0 Å². The molecule has 0 heterocycles. The molecule has 0 atom stereocenters. The first-order valence-electron chi connectivity index (χ1n) is 4.50. The van der Waals surface area contributed by atoms with Crippen molar-refractivity contribution in [2.45, 2.75) is 0 Å². The number of benzene rings is 1. The van der Waals surface area contributed by atoms with Gasteiger partial charge in [0.1, 0.15) is 5.75 Å². The van der Waals surface area contributed by atoms with Crippen molar-refractivity contribution in [2.24, 2.45) is 5.73 Å². The molecule has 82 valence electrons. The first-order valence-corrected chi connectivity index (χ1v) is 4.88. The molecule has 0 unspecified atom stereocenters. The van der Waals surface area contributed by atoms with Crippen LogP contribution in [-0.4, -0.2) is 36.1 Å². The fraction of sp³-hybridized carbons (Fsp3) is 0.300. The first kappa shape index (κ1) is 11.8. The summed E-state index contributed by atoms with van der Waals surface area (Å²) in [7, 11) is 1.63. The number of halogens is 1. The van der Waals surface area contributed by atoms with E-state index in [0.717, 1.165) is 0 Å². The Hall–Kier alpha value is -1.26. The summed E-state index contributed by atoms with van der Waals surface area (Å²) in [6, 6.07) is 4.26. The van der Waals surface area contributed by atoms with Gasteiger partial charge in [-0.05, 0) is 18.2 Å². The van der Waals surface area contributed by atoms with Crippen LogP contribution in [0.3, 0.4) is 0 Å². The molecule has 0 bridgehead atoms. The van der Waals surface area contributed by atoms with E-state index in [9.17, 15) is 9.90 Å². The Balaban J connectivity index is 2.95. The van der Waals surface area contributed by atoms with Crippen molar-refractivity contribution in [3.63, 3.8) is 0 Å². The molecule has 0 saturated heterocycles. The molecule has 0 aromatic heterocycles. The van der Waals surface area contributed by atoms with E-state index >= 15 is 0 Å². The van der Waals surface area contributed by atoms with E-state index in [-0.39, 0.29) is 17.2 Å². The molecule has 0 aliphatic heterocycles. The van der Waals surface area contributed by atoms with Crippen LogP contribution < -0.4 is 5.73 Å². The number of carbonyl (C=O) groups is 1. The van der Waals surface area contributed by atoms with Crippen LogP contribution in [0.1, 0.15) is 10.4 Å². The highest BCUT2D eigenvalue weighted by atomic mass is 35.5. The van der Waals surface area contributed by atoms with Gasteiger partial charge in [-0.2, -0.15) is 0 Å². The van der Waals surface area contributed by atoms with Gasteiger partial charge in [0, 0.05) is 20.1 Å². The maximum Gasteiger partial charge on any atom is 0.255 e. The summed E-state index contributed by atoms with van der Waals surface area (Å²) in [5.41, 5.74) is 5.62. The predicted octanol–water partition coefficient (Wildman–Crippen LogP) is 1.08. The number of likely N-dealkylation sites (N-methyl/N-ethyl adjacent to an activating group) is 1. The van der Waals surface area contributed by atoms with Crippen molar-refractivity contribution in [1.82, 2.24) is 4.90 Å². The van der Waals surface area contributed by atoms with Crippen LogP contribution in [0.4, 0.5) is 0 Å². The molecule has 1 rings (SSSR count). The van der Waals surface area contributed by atoms with Gasteiger partial charge in [0.05, 0.1) is 10.6 Å². The van der Waals surface area contributed by atoms with Gasteiger partial charge in [-0.25, -0.2) is 0 Å². The van der Waals surface area contributed by atoms with Gasteiger partial charge in [-0.15, -0.1) is 0 Å². The zero-order valence-electron chi connectivity index (χ0n) is 8.40. The Labute approximate surface area is 93.2 Å². The lowest BCUT2D eigenvalue weighted by atomic mass is 10.2. The second-order valence-corrected chi connectivity index (χ2v) is 3.59. The summed E-state index contributed by atoms with van der Waals surface area (Å²) in [5, 5.41) is 9.56. The Kier molecular flexibility index (Phi) is 3.94. The van der Waals surface area contributed by atoms with Crippen molar-refractivity contribution < 1.29 is 9.90 Å². The lowest BCUT2D eigenvalue weighted by Gasteiger charge is -2.16. The van der Waals surface area contributed by atoms with Crippen molar-refractivity contribution in [3.8, 4) is 5.75 Å². The minimum atomic E-state index is -0.249. The smallest absolute Gasteiger partial charge is 0.255 e. The summed E-state index contributed by atoms with van der Waals surface area (Å²) in [4.78, 5) is 13.2. The molecule has 0 fully saturated rings. The highest BCUT2D eigenvalue weighted by molar-refractivity contribution is 6.33. The Morgan fingerprint density at radius 2 is 2.27 bits per heavy atom. The molecular weight excluding hydrogens is 216 g/mol. The highest BCUT2D eigenvalue weighted by Crippen LogP contribution is 2.22. The molecule has 0 aliphatic rings. The van der Waals surface area contributed by atoms with E-state index in [1.165, 1.54) is 23.1 Å². The topological polar surface area (TPSA) is 66.6 Å². The van der Waals surface area contributed by atoms with E-state index in [4.69, 9.17) is 17.3 Å². The Morgan fingerprint density at radius 3 is 2.87 bits per heavy atom. The predicted molar refractivity (Wildman–Crippen MR) is 59.1 cm³/mol. The van der Waals surface area contributed by atoms with Crippen LogP contribution in [0.25, 0.3) is 0 Å². The van der Waals surface area contributed by atoms with Crippen molar-refractivity contribution in [3.05, 3.63) is 28.8 Å². The van der Waals surface area contributed by atoms with Crippen LogP contribution in [0.15, 0.2) is 18.2 Å². The van der Waals surface area contributed by atoms with Gasteiger partial charge in [0.25, 0.3) is 5.91 Å². The van der Waals surface area contributed by atoms with Gasteiger partial charge in [-0.1, -0.05) is 11.6 Å². The molecule has 0 spiro atoms. The average Bonchev–Trinajstić information content (AvgIpc) is 2.21. The van der Waals surface area contributed by atoms with Crippen molar-refractivity contribution in [1.29, 1.82) is 0 Å². The third-order valence-electron chi connectivity index (χ3n) is 1.99. The number of amides is 1. The third kappa shape index (κ3) is 2.84. The van der Waals surface area contributed by atoms with E-state index < -0.39 is 0 Å². The molecule has 1 aromatic carbocycles. The van der Waals surface area contributed by atoms with Crippen LogP contribution in [0.5, 0.6) is 5.75 Å². The monoisotopic (exact) mass is 228 g/mol. The number of nitrogens with zero attached hydrogens (tertiary/aromatic N) is 1. The lowest BCUT2D eigenvalue weighted by molar-refractivity contribution is 0.0799. The summed E-state index contributed by atoms with van der Waals surface area (Å²) in [5.74, 6) is -0.231. The summed E-state index contributed by atoms with van der Waals surface area (Å²) >= 11 is 5.85. The maximum absolute atomic E-state index is 11.8. The zero-order chi connectivity index (χ0) is 11.4. The first-order chi connectivity index (χ1) is 7.06. The summed E-state index contributed by atoms with van der Waals surface area (Å²) in [6.07, 6.45) is 0. The molecule has 0 aliphatic carbocycles.